The molecule has 1 amide bonds. The minimum absolute atomic E-state index is 0.168. The van der Waals surface area contributed by atoms with Gasteiger partial charge in [0.25, 0.3) is 5.91 Å². The molecule has 0 radical (unpaired) electrons. The van der Waals surface area contributed by atoms with E-state index in [0.29, 0.717) is 0 Å². The number of hydrogen-bond acceptors (Lipinski definition) is 3. The number of para-hydroxylation sites is 1. The molecule has 4 rings (SSSR count). The number of nitrogens with zero attached hydrogens (tertiary/aromatic N) is 3. The van der Waals surface area contributed by atoms with Crippen LogP contribution in [0.1, 0.15) is 47.2 Å². The van der Waals surface area contributed by atoms with Crippen LogP contribution in [0.25, 0.3) is 0 Å². The predicted molar refractivity (Wildman–Crippen MR) is 119 cm³/mol. The third-order valence-electron chi connectivity index (χ3n) is 6.30. The van der Waals surface area contributed by atoms with Gasteiger partial charge in [0.15, 0.2) is 0 Å². The molecular formula is C25H33N3O. The zero-order valence-corrected chi connectivity index (χ0v) is 17.6. The van der Waals surface area contributed by atoms with Gasteiger partial charge >= 0.3 is 0 Å². The number of carbonyl (C=O) groups excluding carboxylic acids is 1. The molecule has 0 atom stereocenters. The summed E-state index contributed by atoms with van der Waals surface area (Å²) in [6.07, 6.45) is 4.99. The van der Waals surface area contributed by atoms with Gasteiger partial charge in [-0.25, -0.2) is 0 Å². The van der Waals surface area contributed by atoms with Crippen molar-refractivity contribution in [1.29, 1.82) is 0 Å². The Bertz CT molecular complexity index is 811. The number of likely N-dealkylation sites (tertiary alicyclic amines) is 1. The Balaban J connectivity index is 1.36. The molecule has 2 aromatic rings. The van der Waals surface area contributed by atoms with Crippen molar-refractivity contribution in [2.75, 3.05) is 44.2 Å². The van der Waals surface area contributed by atoms with Gasteiger partial charge in [-0.05, 0) is 68.6 Å². The van der Waals surface area contributed by atoms with Gasteiger partial charge in [0.05, 0.1) is 0 Å². The second-order valence-corrected chi connectivity index (χ2v) is 8.45. The minimum atomic E-state index is 0.168. The highest BCUT2D eigenvalue weighted by molar-refractivity contribution is 5.94. The number of carbonyl (C=O) groups is 1. The van der Waals surface area contributed by atoms with Crippen molar-refractivity contribution >= 4 is 11.6 Å². The van der Waals surface area contributed by atoms with E-state index in [1.54, 1.807) is 0 Å². The van der Waals surface area contributed by atoms with Crippen LogP contribution in [0.15, 0.2) is 48.5 Å². The van der Waals surface area contributed by atoms with E-state index in [-0.39, 0.29) is 5.91 Å². The number of benzene rings is 2. The summed E-state index contributed by atoms with van der Waals surface area (Å²) in [7, 11) is 0. The number of hydrogen-bond donors (Lipinski definition) is 0. The first-order valence-corrected chi connectivity index (χ1v) is 11.1. The second kappa shape index (κ2) is 9.45. The largest absolute Gasteiger partial charge is 0.369 e. The molecule has 0 aliphatic carbocycles. The van der Waals surface area contributed by atoms with Gasteiger partial charge in [0, 0.05) is 44.0 Å². The third kappa shape index (κ3) is 4.99. The van der Waals surface area contributed by atoms with E-state index < -0.39 is 0 Å². The quantitative estimate of drug-likeness (QED) is 0.776. The molecule has 0 unspecified atom stereocenters. The summed E-state index contributed by atoms with van der Waals surface area (Å²) in [5.74, 6) is 0.168. The second-order valence-electron chi connectivity index (χ2n) is 8.45. The third-order valence-corrected chi connectivity index (χ3v) is 6.30. The van der Waals surface area contributed by atoms with Crippen LogP contribution in [0.4, 0.5) is 5.69 Å². The Morgan fingerprint density at radius 2 is 1.55 bits per heavy atom. The van der Waals surface area contributed by atoms with Crippen molar-refractivity contribution in [2.24, 2.45) is 0 Å². The maximum Gasteiger partial charge on any atom is 0.253 e. The smallest absolute Gasteiger partial charge is 0.253 e. The summed E-state index contributed by atoms with van der Waals surface area (Å²) in [5, 5.41) is 0. The van der Waals surface area contributed by atoms with E-state index in [1.807, 2.05) is 17.0 Å². The number of aryl methyl sites for hydroxylation is 1. The van der Waals surface area contributed by atoms with Gasteiger partial charge in [-0.2, -0.15) is 0 Å². The van der Waals surface area contributed by atoms with Crippen LogP contribution in [-0.4, -0.2) is 55.0 Å². The molecule has 4 nitrogen and oxygen atoms in total. The highest BCUT2D eigenvalue weighted by atomic mass is 16.2. The number of piperidine rings is 1. The maximum atomic E-state index is 13.1. The van der Waals surface area contributed by atoms with E-state index in [2.05, 4.69) is 53.1 Å². The SMILES string of the molecule is Cc1ccccc1N1CCCN(C(=O)c2ccc(CN3CCCCC3)cc2)CC1. The van der Waals surface area contributed by atoms with E-state index in [9.17, 15) is 4.79 Å². The molecule has 0 bridgehead atoms. The molecule has 2 aliphatic heterocycles. The average molecular weight is 392 g/mol. The molecule has 154 valence electrons. The lowest BCUT2D eigenvalue weighted by atomic mass is 10.1. The van der Waals surface area contributed by atoms with E-state index >= 15 is 0 Å². The molecular weight excluding hydrogens is 358 g/mol. The number of anilines is 1. The van der Waals surface area contributed by atoms with Gasteiger partial charge < -0.3 is 9.80 Å². The fraction of sp³-hybridized carbons (Fsp3) is 0.480. The van der Waals surface area contributed by atoms with Crippen LogP contribution < -0.4 is 4.90 Å². The molecule has 29 heavy (non-hydrogen) atoms. The van der Waals surface area contributed by atoms with Crippen molar-refractivity contribution in [3.63, 3.8) is 0 Å². The summed E-state index contributed by atoms with van der Waals surface area (Å²) in [6, 6.07) is 16.8. The van der Waals surface area contributed by atoms with Crippen LogP contribution in [-0.2, 0) is 6.54 Å². The van der Waals surface area contributed by atoms with Crippen LogP contribution in [0.3, 0.4) is 0 Å². The molecule has 0 saturated carbocycles. The molecule has 0 spiro atoms. The van der Waals surface area contributed by atoms with Gasteiger partial charge in [0.1, 0.15) is 0 Å². The first kappa shape index (κ1) is 20.0. The molecule has 2 aliphatic rings. The highest BCUT2D eigenvalue weighted by Gasteiger charge is 2.21. The monoisotopic (exact) mass is 391 g/mol. The lowest BCUT2D eigenvalue weighted by molar-refractivity contribution is 0.0767. The highest BCUT2D eigenvalue weighted by Crippen LogP contribution is 2.21. The Hall–Kier alpha value is -2.33. The standard InChI is InChI=1S/C25H33N3O/c1-21-8-3-4-9-24(21)27-16-7-17-28(19-18-27)25(29)23-12-10-22(11-13-23)20-26-14-5-2-6-15-26/h3-4,8-13H,2,5-7,14-20H2,1H3. The van der Waals surface area contributed by atoms with Gasteiger partial charge in [0.2, 0.25) is 0 Å². The van der Waals surface area contributed by atoms with Crippen LogP contribution >= 0.6 is 0 Å². The predicted octanol–water partition coefficient (Wildman–Crippen LogP) is 4.33. The fourth-order valence-electron chi connectivity index (χ4n) is 4.59. The molecule has 2 fully saturated rings. The molecule has 4 heteroatoms. The summed E-state index contributed by atoms with van der Waals surface area (Å²) >= 11 is 0. The van der Waals surface area contributed by atoms with E-state index in [1.165, 1.54) is 49.2 Å². The van der Waals surface area contributed by atoms with Crippen molar-refractivity contribution in [1.82, 2.24) is 9.80 Å². The minimum Gasteiger partial charge on any atom is -0.369 e. The Morgan fingerprint density at radius 1 is 0.793 bits per heavy atom. The normalized spacial score (nSPS) is 18.5. The fourth-order valence-corrected chi connectivity index (χ4v) is 4.59. The van der Waals surface area contributed by atoms with Crippen LogP contribution in [0, 0.1) is 6.92 Å². The van der Waals surface area contributed by atoms with Crippen molar-refractivity contribution in [3.8, 4) is 0 Å². The van der Waals surface area contributed by atoms with Crippen molar-refractivity contribution < 1.29 is 4.79 Å². The Morgan fingerprint density at radius 3 is 2.31 bits per heavy atom. The summed E-state index contributed by atoms with van der Waals surface area (Å²) in [4.78, 5) is 20.0. The first-order valence-electron chi connectivity index (χ1n) is 11.1. The summed E-state index contributed by atoms with van der Waals surface area (Å²) < 4.78 is 0. The first-order chi connectivity index (χ1) is 14.2. The van der Waals surface area contributed by atoms with Crippen molar-refractivity contribution in [3.05, 3.63) is 65.2 Å². The molecule has 2 saturated heterocycles. The van der Waals surface area contributed by atoms with Gasteiger partial charge in [-0.1, -0.05) is 36.8 Å². The maximum absolute atomic E-state index is 13.1. The van der Waals surface area contributed by atoms with Crippen LogP contribution in [0.5, 0.6) is 0 Å². The van der Waals surface area contributed by atoms with E-state index in [4.69, 9.17) is 0 Å². The Labute approximate surface area is 175 Å². The lowest BCUT2D eigenvalue weighted by Crippen LogP contribution is -2.35. The van der Waals surface area contributed by atoms with Gasteiger partial charge in [-0.15, -0.1) is 0 Å². The zero-order chi connectivity index (χ0) is 20.1. The molecule has 2 aromatic carbocycles. The summed E-state index contributed by atoms with van der Waals surface area (Å²) in [5.41, 5.74) is 4.72. The summed E-state index contributed by atoms with van der Waals surface area (Å²) in [6.45, 7) is 9.07. The lowest BCUT2D eigenvalue weighted by Gasteiger charge is -2.26. The number of amides is 1. The molecule has 0 aromatic heterocycles. The topological polar surface area (TPSA) is 26.8 Å². The van der Waals surface area contributed by atoms with Crippen LogP contribution in [0.2, 0.25) is 0 Å². The molecule has 0 N–H and O–H groups in total. The zero-order valence-electron chi connectivity index (χ0n) is 17.6. The van der Waals surface area contributed by atoms with Crippen molar-refractivity contribution in [2.45, 2.75) is 39.2 Å². The Kier molecular flexibility index (Phi) is 6.50. The number of rotatable bonds is 4. The molecule has 2 heterocycles. The average Bonchev–Trinajstić information content (AvgIpc) is 3.01. The van der Waals surface area contributed by atoms with E-state index in [0.717, 1.165) is 44.7 Å². The van der Waals surface area contributed by atoms with Gasteiger partial charge in [-0.3, -0.25) is 9.69 Å².